The SMILES string of the molecule is CCN(CC)C(=O)NC1CCN(C(=O)c2cc(O)c(O)c(O)c2)CC1. The molecule has 0 aliphatic carbocycles. The van der Waals surface area contributed by atoms with Crippen molar-refractivity contribution in [1.82, 2.24) is 15.1 Å². The maximum Gasteiger partial charge on any atom is 0.317 e. The van der Waals surface area contributed by atoms with E-state index in [1.165, 1.54) is 0 Å². The van der Waals surface area contributed by atoms with E-state index in [2.05, 4.69) is 5.32 Å². The van der Waals surface area contributed by atoms with Gasteiger partial charge in [-0.3, -0.25) is 4.79 Å². The molecule has 0 radical (unpaired) electrons. The number of nitrogens with one attached hydrogen (secondary N) is 1. The van der Waals surface area contributed by atoms with E-state index in [0.29, 0.717) is 39.0 Å². The lowest BCUT2D eigenvalue weighted by Gasteiger charge is -2.33. The minimum Gasteiger partial charge on any atom is -0.504 e. The van der Waals surface area contributed by atoms with E-state index < -0.39 is 17.2 Å². The number of amides is 3. The number of hydrogen-bond acceptors (Lipinski definition) is 5. The number of phenolic OH excluding ortho intramolecular Hbond substituents is 3. The van der Waals surface area contributed by atoms with E-state index in [0.717, 1.165) is 12.1 Å². The summed E-state index contributed by atoms with van der Waals surface area (Å²) < 4.78 is 0. The molecule has 0 unspecified atom stereocenters. The molecule has 8 nitrogen and oxygen atoms in total. The molecule has 4 N–H and O–H groups in total. The Morgan fingerprint density at radius 2 is 1.64 bits per heavy atom. The van der Waals surface area contributed by atoms with Gasteiger partial charge in [0.15, 0.2) is 17.2 Å². The highest BCUT2D eigenvalue weighted by Gasteiger charge is 2.26. The molecule has 1 aromatic rings. The average Bonchev–Trinajstić information content (AvgIpc) is 2.60. The van der Waals surface area contributed by atoms with Crippen molar-refractivity contribution >= 4 is 11.9 Å². The first kappa shape index (κ1) is 18.7. The predicted octanol–water partition coefficient (Wildman–Crippen LogP) is 1.46. The van der Waals surface area contributed by atoms with Gasteiger partial charge in [-0.25, -0.2) is 4.79 Å². The van der Waals surface area contributed by atoms with Gasteiger partial charge in [-0.15, -0.1) is 0 Å². The van der Waals surface area contributed by atoms with Crippen LogP contribution in [0, 0.1) is 0 Å². The fraction of sp³-hybridized carbons (Fsp3) is 0.529. The van der Waals surface area contributed by atoms with Gasteiger partial charge in [0.05, 0.1) is 0 Å². The Kier molecular flexibility index (Phi) is 5.95. The van der Waals surface area contributed by atoms with E-state index >= 15 is 0 Å². The molecule has 1 heterocycles. The number of phenols is 3. The maximum atomic E-state index is 12.5. The summed E-state index contributed by atoms with van der Waals surface area (Å²) in [5.74, 6) is -2.05. The first-order valence-corrected chi connectivity index (χ1v) is 8.47. The zero-order valence-electron chi connectivity index (χ0n) is 14.5. The van der Waals surface area contributed by atoms with Crippen LogP contribution in [0.3, 0.4) is 0 Å². The third kappa shape index (κ3) is 4.26. The van der Waals surface area contributed by atoms with Crippen LogP contribution >= 0.6 is 0 Å². The van der Waals surface area contributed by atoms with Crippen molar-refractivity contribution in [2.24, 2.45) is 0 Å². The van der Waals surface area contributed by atoms with Crippen LogP contribution in [0.5, 0.6) is 17.2 Å². The summed E-state index contributed by atoms with van der Waals surface area (Å²) in [6, 6.07) is 2.18. The number of hydrogen-bond donors (Lipinski definition) is 4. The van der Waals surface area contributed by atoms with Crippen molar-refractivity contribution < 1.29 is 24.9 Å². The second kappa shape index (κ2) is 7.96. The molecular formula is C17H25N3O5. The first-order valence-electron chi connectivity index (χ1n) is 8.47. The summed E-state index contributed by atoms with van der Waals surface area (Å²) in [6.45, 7) is 6.07. The molecule has 25 heavy (non-hydrogen) atoms. The fourth-order valence-electron chi connectivity index (χ4n) is 2.91. The van der Waals surface area contributed by atoms with Crippen molar-refractivity contribution in [2.75, 3.05) is 26.2 Å². The molecule has 0 spiro atoms. The summed E-state index contributed by atoms with van der Waals surface area (Å²) >= 11 is 0. The predicted molar refractivity (Wildman–Crippen MR) is 91.8 cm³/mol. The molecule has 2 rings (SSSR count). The molecule has 0 aromatic heterocycles. The third-order valence-electron chi connectivity index (χ3n) is 4.48. The zero-order chi connectivity index (χ0) is 18.6. The summed E-state index contributed by atoms with van der Waals surface area (Å²) in [5.41, 5.74) is 0.110. The van der Waals surface area contributed by atoms with Crippen LogP contribution in [-0.2, 0) is 0 Å². The van der Waals surface area contributed by atoms with Crippen LogP contribution < -0.4 is 5.32 Å². The minimum atomic E-state index is -0.644. The van der Waals surface area contributed by atoms with Crippen molar-refractivity contribution in [2.45, 2.75) is 32.7 Å². The van der Waals surface area contributed by atoms with E-state index in [4.69, 9.17) is 0 Å². The molecule has 1 fully saturated rings. The van der Waals surface area contributed by atoms with Crippen LogP contribution in [0.15, 0.2) is 12.1 Å². The standard InChI is InChI=1S/C17H25N3O5/c1-3-19(4-2)17(25)18-12-5-7-20(8-6-12)16(24)11-9-13(21)15(23)14(22)10-11/h9-10,12,21-23H,3-8H2,1-2H3,(H,18,25). The van der Waals surface area contributed by atoms with Crippen molar-refractivity contribution in [3.63, 3.8) is 0 Å². The average molecular weight is 351 g/mol. The highest BCUT2D eigenvalue weighted by atomic mass is 16.3. The molecule has 1 aliphatic rings. The Bertz CT molecular complexity index is 614. The monoisotopic (exact) mass is 351 g/mol. The lowest BCUT2D eigenvalue weighted by Crippen LogP contribution is -2.50. The summed E-state index contributed by atoms with van der Waals surface area (Å²) in [6.07, 6.45) is 1.27. The fourth-order valence-corrected chi connectivity index (χ4v) is 2.91. The van der Waals surface area contributed by atoms with Crippen LogP contribution in [-0.4, -0.2) is 69.3 Å². The molecular weight excluding hydrogens is 326 g/mol. The van der Waals surface area contributed by atoms with Gasteiger partial charge in [0.1, 0.15) is 0 Å². The van der Waals surface area contributed by atoms with Gasteiger partial charge in [-0.2, -0.15) is 0 Å². The number of likely N-dealkylation sites (tertiary alicyclic amines) is 1. The van der Waals surface area contributed by atoms with Gasteiger partial charge in [-0.05, 0) is 38.8 Å². The zero-order valence-corrected chi connectivity index (χ0v) is 14.5. The van der Waals surface area contributed by atoms with Crippen LogP contribution in [0.4, 0.5) is 4.79 Å². The van der Waals surface area contributed by atoms with E-state index in [9.17, 15) is 24.9 Å². The van der Waals surface area contributed by atoms with Gasteiger partial charge < -0.3 is 30.4 Å². The Hall–Kier alpha value is -2.64. The highest BCUT2D eigenvalue weighted by molar-refractivity contribution is 5.95. The molecule has 8 heteroatoms. The van der Waals surface area contributed by atoms with E-state index in [-0.39, 0.29) is 23.5 Å². The van der Waals surface area contributed by atoms with Crippen LogP contribution in [0.25, 0.3) is 0 Å². The van der Waals surface area contributed by atoms with E-state index in [1.807, 2.05) is 13.8 Å². The lowest BCUT2D eigenvalue weighted by molar-refractivity contribution is 0.0705. The highest BCUT2D eigenvalue weighted by Crippen LogP contribution is 2.35. The smallest absolute Gasteiger partial charge is 0.317 e. The minimum absolute atomic E-state index is 0.0128. The Morgan fingerprint density at radius 3 is 2.12 bits per heavy atom. The Labute approximate surface area is 146 Å². The lowest BCUT2D eigenvalue weighted by atomic mass is 10.0. The first-order chi connectivity index (χ1) is 11.9. The van der Waals surface area contributed by atoms with Gasteiger partial charge in [0.25, 0.3) is 5.91 Å². The van der Waals surface area contributed by atoms with Gasteiger partial charge in [0.2, 0.25) is 0 Å². The normalized spacial score (nSPS) is 15.0. The molecule has 1 aliphatic heterocycles. The number of piperidine rings is 1. The number of aromatic hydroxyl groups is 3. The van der Waals surface area contributed by atoms with Crippen molar-refractivity contribution in [3.05, 3.63) is 17.7 Å². The van der Waals surface area contributed by atoms with Crippen LogP contribution in [0.1, 0.15) is 37.0 Å². The third-order valence-corrected chi connectivity index (χ3v) is 4.48. The summed E-state index contributed by atoms with van der Waals surface area (Å²) in [5, 5.41) is 31.4. The largest absolute Gasteiger partial charge is 0.504 e. The summed E-state index contributed by atoms with van der Waals surface area (Å²) in [4.78, 5) is 27.9. The molecule has 138 valence electrons. The van der Waals surface area contributed by atoms with Gasteiger partial charge in [-0.1, -0.05) is 0 Å². The summed E-state index contributed by atoms with van der Waals surface area (Å²) in [7, 11) is 0. The maximum absolute atomic E-state index is 12.5. The molecule has 0 bridgehead atoms. The molecule has 0 saturated carbocycles. The quantitative estimate of drug-likeness (QED) is 0.613. The molecule has 3 amide bonds. The molecule has 1 saturated heterocycles. The topological polar surface area (TPSA) is 113 Å². The number of nitrogens with zero attached hydrogens (tertiary/aromatic N) is 2. The van der Waals surface area contributed by atoms with Gasteiger partial charge >= 0.3 is 6.03 Å². The van der Waals surface area contributed by atoms with Crippen molar-refractivity contribution in [3.8, 4) is 17.2 Å². The number of carbonyl (C=O) groups is 2. The molecule has 1 aromatic carbocycles. The molecule has 0 atom stereocenters. The second-order valence-corrected chi connectivity index (χ2v) is 6.05. The van der Waals surface area contributed by atoms with Gasteiger partial charge in [0, 0.05) is 37.8 Å². The number of urea groups is 1. The second-order valence-electron chi connectivity index (χ2n) is 6.05. The number of benzene rings is 1. The number of carbonyl (C=O) groups excluding carboxylic acids is 2. The van der Waals surface area contributed by atoms with Crippen molar-refractivity contribution in [1.29, 1.82) is 0 Å². The number of rotatable bonds is 4. The Morgan fingerprint density at radius 1 is 1.12 bits per heavy atom. The van der Waals surface area contributed by atoms with Crippen LogP contribution in [0.2, 0.25) is 0 Å². The van der Waals surface area contributed by atoms with E-state index in [1.54, 1.807) is 9.80 Å². The Balaban J connectivity index is 1.93.